The number of aliphatic hydroxyl groups is 2. The van der Waals surface area contributed by atoms with E-state index in [1.807, 2.05) is 19.9 Å². The molecule has 7 nitrogen and oxygen atoms in total. The maximum atomic E-state index is 12.8. The molecule has 0 saturated carbocycles. The fourth-order valence-electron chi connectivity index (χ4n) is 3.99. The first-order valence-corrected chi connectivity index (χ1v) is 8.95. The topological polar surface area (TPSA) is 96.3 Å². The standard InChI is InChI=1S/C18H27NO6/c1-10(2)13-8-18(23,11(3)20)17(22)24-9-12-4-6-19-7-5-14(15(12)19)25-16(13)21/h4,10-11,13-15,20,23H,5-9H2,1-3H3/t11-,13-,14+,15+,18-/m0/s1. The third-order valence-corrected chi connectivity index (χ3v) is 5.73. The molecule has 0 unspecified atom stereocenters. The largest absolute Gasteiger partial charge is 0.460 e. The van der Waals surface area contributed by atoms with Crippen LogP contribution in [0, 0.1) is 11.8 Å². The number of esters is 2. The van der Waals surface area contributed by atoms with Crippen LogP contribution in [0.4, 0.5) is 0 Å². The van der Waals surface area contributed by atoms with Crippen LogP contribution in [0.2, 0.25) is 0 Å². The molecule has 0 aliphatic carbocycles. The Labute approximate surface area is 147 Å². The van der Waals surface area contributed by atoms with E-state index in [4.69, 9.17) is 9.47 Å². The van der Waals surface area contributed by atoms with Crippen LogP contribution < -0.4 is 0 Å². The molecular formula is C18H27NO6. The van der Waals surface area contributed by atoms with E-state index >= 15 is 0 Å². The Hall–Kier alpha value is -1.44. The zero-order valence-electron chi connectivity index (χ0n) is 15.0. The van der Waals surface area contributed by atoms with Crippen LogP contribution >= 0.6 is 0 Å². The summed E-state index contributed by atoms with van der Waals surface area (Å²) in [7, 11) is 0. The molecule has 3 aliphatic heterocycles. The molecule has 0 aromatic carbocycles. The fraction of sp³-hybridized carbons (Fsp3) is 0.778. The molecule has 0 spiro atoms. The van der Waals surface area contributed by atoms with Gasteiger partial charge in [-0.25, -0.2) is 4.79 Å². The van der Waals surface area contributed by atoms with Gasteiger partial charge in [0.2, 0.25) is 0 Å². The molecule has 2 N–H and O–H groups in total. The summed E-state index contributed by atoms with van der Waals surface area (Å²) in [5.74, 6) is -2.17. The molecule has 7 heteroatoms. The van der Waals surface area contributed by atoms with Gasteiger partial charge in [-0.2, -0.15) is 0 Å². The molecule has 25 heavy (non-hydrogen) atoms. The highest BCUT2D eigenvalue weighted by Crippen LogP contribution is 2.35. The Morgan fingerprint density at radius 1 is 1.32 bits per heavy atom. The van der Waals surface area contributed by atoms with Gasteiger partial charge < -0.3 is 19.7 Å². The predicted octanol–water partition coefficient (Wildman–Crippen LogP) is 0.244. The fourth-order valence-corrected chi connectivity index (χ4v) is 3.99. The van der Waals surface area contributed by atoms with Crippen LogP contribution in [0.5, 0.6) is 0 Å². The molecule has 3 aliphatic rings. The van der Waals surface area contributed by atoms with Gasteiger partial charge in [0.05, 0.1) is 18.1 Å². The molecule has 3 heterocycles. The molecular weight excluding hydrogens is 326 g/mol. The molecule has 3 rings (SSSR count). The Morgan fingerprint density at radius 2 is 2.04 bits per heavy atom. The first-order chi connectivity index (χ1) is 11.7. The number of rotatable bonds is 2. The van der Waals surface area contributed by atoms with Crippen molar-refractivity contribution in [2.75, 3.05) is 19.7 Å². The summed E-state index contributed by atoms with van der Waals surface area (Å²) < 4.78 is 11.1. The Balaban J connectivity index is 1.95. The van der Waals surface area contributed by atoms with Gasteiger partial charge in [-0.1, -0.05) is 19.9 Å². The molecule has 0 radical (unpaired) electrons. The molecule has 2 fully saturated rings. The SMILES string of the molecule is CC(C)[C@@H]1C[C@](O)([C@H](C)O)C(=O)OCC2=CCN3CC[C@@H](OC1=O)[C@@H]23. The van der Waals surface area contributed by atoms with E-state index in [9.17, 15) is 19.8 Å². The molecule has 5 atom stereocenters. The van der Waals surface area contributed by atoms with E-state index in [-0.39, 0.29) is 31.1 Å². The van der Waals surface area contributed by atoms with Gasteiger partial charge in [0.1, 0.15) is 12.7 Å². The summed E-state index contributed by atoms with van der Waals surface area (Å²) in [5.41, 5.74) is -1.24. The lowest BCUT2D eigenvalue weighted by Gasteiger charge is -2.32. The summed E-state index contributed by atoms with van der Waals surface area (Å²) in [6.45, 7) is 6.60. The molecule has 0 amide bonds. The molecule has 0 aromatic heterocycles. The molecule has 140 valence electrons. The average molecular weight is 353 g/mol. The van der Waals surface area contributed by atoms with Gasteiger partial charge in [-0.15, -0.1) is 0 Å². The normalized spacial score (nSPS) is 37.8. The van der Waals surface area contributed by atoms with Crippen molar-refractivity contribution in [1.29, 1.82) is 0 Å². The van der Waals surface area contributed by atoms with Crippen molar-refractivity contribution in [1.82, 2.24) is 4.90 Å². The van der Waals surface area contributed by atoms with E-state index in [1.54, 1.807) is 0 Å². The quantitative estimate of drug-likeness (QED) is 0.542. The Bertz CT molecular complexity index is 586. The lowest BCUT2D eigenvalue weighted by Crippen LogP contribution is -2.52. The lowest BCUT2D eigenvalue weighted by atomic mass is 9.81. The predicted molar refractivity (Wildman–Crippen MR) is 88.5 cm³/mol. The second-order valence-electron chi connectivity index (χ2n) is 7.71. The van der Waals surface area contributed by atoms with Crippen LogP contribution in [0.25, 0.3) is 0 Å². The van der Waals surface area contributed by atoms with Crippen molar-refractivity contribution in [3.63, 3.8) is 0 Å². The Kier molecular flexibility index (Phi) is 4.92. The minimum Gasteiger partial charge on any atom is -0.460 e. The van der Waals surface area contributed by atoms with Crippen LogP contribution in [0.1, 0.15) is 33.6 Å². The second-order valence-corrected chi connectivity index (χ2v) is 7.71. The van der Waals surface area contributed by atoms with Crippen LogP contribution in [-0.4, -0.2) is 70.6 Å². The maximum Gasteiger partial charge on any atom is 0.341 e. The van der Waals surface area contributed by atoms with E-state index < -0.39 is 29.6 Å². The van der Waals surface area contributed by atoms with Crippen molar-refractivity contribution in [2.24, 2.45) is 11.8 Å². The van der Waals surface area contributed by atoms with E-state index in [2.05, 4.69) is 4.90 Å². The monoisotopic (exact) mass is 353 g/mol. The van der Waals surface area contributed by atoms with Crippen molar-refractivity contribution in [2.45, 2.75) is 57.5 Å². The summed E-state index contributed by atoms with van der Waals surface area (Å²) in [6, 6.07) is -0.0673. The average Bonchev–Trinajstić information content (AvgIpc) is 3.11. The summed E-state index contributed by atoms with van der Waals surface area (Å²) in [6.07, 6.45) is 0.882. The van der Waals surface area contributed by atoms with Gasteiger partial charge in [-0.3, -0.25) is 9.69 Å². The van der Waals surface area contributed by atoms with Gasteiger partial charge >= 0.3 is 11.9 Å². The summed E-state index contributed by atoms with van der Waals surface area (Å²) in [4.78, 5) is 27.5. The van der Waals surface area contributed by atoms with Gasteiger partial charge in [0, 0.05) is 19.5 Å². The molecule has 2 saturated heterocycles. The minimum atomic E-state index is -2.13. The number of nitrogens with zero attached hydrogens (tertiary/aromatic N) is 1. The highest BCUT2D eigenvalue weighted by atomic mass is 16.6. The number of aliphatic hydroxyl groups excluding tert-OH is 1. The van der Waals surface area contributed by atoms with Gasteiger partial charge in [0.25, 0.3) is 0 Å². The van der Waals surface area contributed by atoms with Gasteiger partial charge in [0.15, 0.2) is 5.60 Å². The Morgan fingerprint density at radius 3 is 2.68 bits per heavy atom. The highest BCUT2D eigenvalue weighted by Gasteiger charge is 2.50. The second kappa shape index (κ2) is 6.70. The van der Waals surface area contributed by atoms with E-state index in [0.717, 1.165) is 25.1 Å². The first kappa shape index (κ1) is 18.4. The summed E-state index contributed by atoms with van der Waals surface area (Å²) >= 11 is 0. The number of hydrogen-bond acceptors (Lipinski definition) is 7. The molecule has 0 aromatic rings. The lowest BCUT2D eigenvalue weighted by molar-refractivity contribution is -0.182. The van der Waals surface area contributed by atoms with Crippen LogP contribution in [-0.2, 0) is 19.1 Å². The van der Waals surface area contributed by atoms with E-state index in [0.29, 0.717) is 0 Å². The van der Waals surface area contributed by atoms with Crippen molar-refractivity contribution in [3.05, 3.63) is 11.6 Å². The number of ether oxygens (including phenoxy) is 2. The molecule has 0 bridgehead atoms. The van der Waals surface area contributed by atoms with Crippen molar-refractivity contribution >= 4 is 11.9 Å². The third-order valence-electron chi connectivity index (χ3n) is 5.73. The number of cyclic esters (lactones) is 1. The maximum absolute atomic E-state index is 12.8. The number of carbonyl (C=O) groups is 2. The van der Waals surface area contributed by atoms with E-state index in [1.165, 1.54) is 6.92 Å². The van der Waals surface area contributed by atoms with Crippen LogP contribution in [0.15, 0.2) is 11.6 Å². The number of carbonyl (C=O) groups excluding carboxylic acids is 2. The van der Waals surface area contributed by atoms with Gasteiger partial charge in [-0.05, 0) is 24.8 Å². The van der Waals surface area contributed by atoms with Crippen molar-refractivity contribution in [3.8, 4) is 0 Å². The minimum absolute atomic E-state index is 0.0371. The highest BCUT2D eigenvalue weighted by molar-refractivity contribution is 5.82. The zero-order chi connectivity index (χ0) is 18.4. The van der Waals surface area contributed by atoms with Crippen molar-refractivity contribution < 1.29 is 29.3 Å². The smallest absolute Gasteiger partial charge is 0.341 e. The number of hydrogen-bond donors (Lipinski definition) is 2. The third kappa shape index (κ3) is 3.20. The first-order valence-electron chi connectivity index (χ1n) is 8.95. The zero-order valence-corrected chi connectivity index (χ0v) is 15.0. The summed E-state index contributed by atoms with van der Waals surface area (Å²) in [5, 5.41) is 20.8. The van der Waals surface area contributed by atoms with Crippen LogP contribution in [0.3, 0.4) is 0 Å².